The highest BCUT2D eigenvalue weighted by atomic mass is 16.4. The van der Waals surface area contributed by atoms with Gasteiger partial charge in [-0.2, -0.15) is 0 Å². The Kier molecular flexibility index (Phi) is 6.41. The van der Waals surface area contributed by atoms with Gasteiger partial charge >= 0.3 is 0 Å². The molecule has 0 spiro atoms. The van der Waals surface area contributed by atoms with Gasteiger partial charge in [-0.1, -0.05) is 78.9 Å². The largest absolute Gasteiger partial charge is 0.440 e. The number of amides is 2. The lowest BCUT2D eigenvalue weighted by atomic mass is 10.1. The van der Waals surface area contributed by atoms with E-state index in [-0.39, 0.29) is 18.2 Å². The van der Waals surface area contributed by atoms with Gasteiger partial charge < -0.3 is 4.42 Å². The van der Waals surface area contributed by atoms with E-state index in [1.54, 1.807) is 12.1 Å². The number of carbonyl (C=O) groups is 2. The first-order chi connectivity index (χ1) is 15.6. The van der Waals surface area contributed by atoms with Crippen molar-refractivity contribution in [3.8, 4) is 22.6 Å². The minimum absolute atomic E-state index is 0.122. The fourth-order valence-electron chi connectivity index (χ4n) is 3.35. The van der Waals surface area contributed by atoms with Crippen LogP contribution in [0.25, 0.3) is 22.6 Å². The molecule has 0 fully saturated rings. The number of hydrogen-bond donors (Lipinski definition) is 2. The van der Waals surface area contributed by atoms with Crippen molar-refractivity contribution in [3.05, 3.63) is 102 Å². The Balaban J connectivity index is 1.43. The van der Waals surface area contributed by atoms with E-state index in [2.05, 4.69) is 15.8 Å². The van der Waals surface area contributed by atoms with Gasteiger partial charge in [-0.25, -0.2) is 4.98 Å². The molecule has 2 N–H and O–H groups in total. The average molecular weight is 425 g/mol. The number of nitrogens with one attached hydrogen (secondary N) is 2. The molecule has 0 saturated carbocycles. The van der Waals surface area contributed by atoms with Crippen LogP contribution < -0.4 is 10.9 Å². The smallest absolute Gasteiger partial charge is 0.269 e. The number of benzene rings is 3. The third-order valence-corrected chi connectivity index (χ3v) is 5.03. The zero-order valence-corrected chi connectivity index (χ0v) is 17.7. The molecule has 1 aromatic heterocycles. The highest BCUT2D eigenvalue weighted by molar-refractivity contribution is 5.96. The Hall–Kier alpha value is -4.19. The summed E-state index contributed by atoms with van der Waals surface area (Å²) in [5.74, 6) is 0.445. The van der Waals surface area contributed by atoms with Crippen LogP contribution in [0.3, 0.4) is 0 Å². The number of carbonyl (C=O) groups excluding carboxylic acids is 2. The van der Waals surface area contributed by atoms with E-state index in [1.807, 2.05) is 79.7 Å². The standard InChI is InChI=1S/C26H23N3O3/c1-18-10-8-9-15-21(18)26(31)29-28-22(30)16-17-23-27-24(19-11-4-2-5-12-19)25(32-23)20-13-6-3-7-14-20/h2-15H,16-17H2,1H3,(H,28,30)(H,29,31). The number of hydrogen-bond acceptors (Lipinski definition) is 4. The fraction of sp³-hybridized carbons (Fsp3) is 0.115. The second-order valence-electron chi connectivity index (χ2n) is 7.33. The summed E-state index contributed by atoms with van der Waals surface area (Å²) in [6.45, 7) is 1.84. The van der Waals surface area contributed by atoms with E-state index in [1.165, 1.54) is 0 Å². The van der Waals surface area contributed by atoms with Crippen LogP contribution in [0, 0.1) is 6.92 Å². The summed E-state index contributed by atoms with van der Waals surface area (Å²) in [5, 5.41) is 0. The van der Waals surface area contributed by atoms with Gasteiger partial charge in [-0.15, -0.1) is 0 Å². The van der Waals surface area contributed by atoms with Crippen molar-refractivity contribution < 1.29 is 14.0 Å². The van der Waals surface area contributed by atoms with Crippen molar-refractivity contribution >= 4 is 11.8 Å². The van der Waals surface area contributed by atoms with Crippen LogP contribution in [-0.2, 0) is 11.2 Å². The second-order valence-corrected chi connectivity index (χ2v) is 7.33. The zero-order chi connectivity index (χ0) is 22.3. The number of aryl methyl sites for hydroxylation is 2. The molecule has 0 atom stereocenters. The Labute approximate surface area is 186 Å². The molecule has 1 heterocycles. The summed E-state index contributed by atoms with van der Waals surface area (Å²) in [4.78, 5) is 29.2. The van der Waals surface area contributed by atoms with Gasteiger partial charge in [0.2, 0.25) is 5.91 Å². The van der Waals surface area contributed by atoms with Crippen molar-refractivity contribution in [2.24, 2.45) is 0 Å². The summed E-state index contributed by atoms with van der Waals surface area (Å²) in [6.07, 6.45) is 0.426. The normalized spacial score (nSPS) is 10.5. The van der Waals surface area contributed by atoms with E-state index in [4.69, 9.17) is 4.42 Å². The highest BCUT2D eigenvalue weighted by Gasteiger charge is 2.17. The summed E-state index contributed by atoms with van der Waals surface area (Å²) >= 11 is 0. The molecule has 160 valence electrons. The van der Waals surface area contributed by atoms with E-state index >= 15 is 0 Å². The number of nitrogens with zero attached hydrogens (tertiary/aromatic N) is 1. The van der Waals surface area contributed by atoms with Crippen molar-refractivity contribution in [2.45, 2.75) is 19.8 Å². The number of aromatic nitrogens is 1. The van der Waals surface area contributed by atoms with Crippen LogP contribution in [0.4, 0.5) is 0 Å². The maximum Gasteiger partial charge on any atom is 0.269 e. The van der Waals surface area contributed by atoms with Gasteiger partial charge in [-0.3, -0.25) is 20.4 Å². The number of hydrazine groups is 1. The van der Waals surface area contributed by atoms with Crippen molar-refractivity contribution in [2.75, 3.05) is 0 Å². The molecule has 0 aliphatic heterocycles. The number of rotatable bonds is 6. The monoisotopic (exact) mass is 425 g/mol. The predicted octanol–water partition coefficient (Wildman–Crippen LogP) is 4.71. The number of oxazole rings is 1. The third-order valence-electron chi connectivity index (χ3n) is 5.03. The molecule has 0 bridgehead atoms. The topological polar surface area (TPSA) is 84.2 Å². The van der Waals surface area contributed by atoms with Crippen molar-refractivity contribution in [1.29, 1.82) is 0 Å². The molecular weight excluding hydrogens is 402 g/mol. The first-order valence-electron chi connectivity index (χ1n) is 10.4. The van der Waals surface area contributed by atoms with Gasteiger partial charge in [0.1, 0.15) is 5.69 Å². The van der Waals surface area contributed by atoms with Crippen LogP contribution in [0.5, 0.6) is 0 Å². The Morgan fingerprint density at radius 3 is 2.12 bits per heavy atom. The Morgan fingerprint density at radius 2 is 1.44 bits per heavy atom. The lowest BCUT2D eigenvalue weighted by Gasteiger charge is -2.08. The fourth-order valence-corrected chi connectivity index (χ4v) is 3.35. The summed E-state index contributed by atoms with van der Waals surface area (Å²) in [6, 6.07) is 26.7. The lowest BCUT2D eigenvalue weighted by molar-refractivity contribution is -0.121. The minimum Gasteiger partial charge on any atom is -0.440 e. The van der Waals surface area contributed by atoms with Gasteiger partial charge in [-0.05, 0) is 18.6 Å². The molecular formula is C26H23N3O3. The maximum absolute atomic E-state index is 12.3. The van der Waals surface area contributed by atoms with E-state index in [9.17, 15) is 9.59 Å². The van der Waals surface area contributed by atoms with Crippen molar-refractivity contribution in [1.82, 2.24) is 15.8 Å². The van der Waals surface area contributed by atoms with E-state index in [0.717, 1.165) is 22.4 Å². The molecule has 0 saturated heterocycles. The second kappa shape index (κ2) is 9.75. The molecule has 4 aromatic rings. The van der Waals surface area contributed by atoms with Gasteiger partial charge in [0.25, 0.3) is 5.91 Å². The van der Waals surface area contributed by atoms with E-state index in [0.29, 0.717) is 23.6 Å². The zero-order valence-electron chi connectivity index (χ0n) is 17.7. The molecule has 0 aliphatic rings. The van der Waals surface area contributed by atoms with Crippen LogP contribution in [0.15, 0.2) is 89.3 Å². The molecule has 32 heavy (non-hydrogen) atoms. The summed E-state index contributed by atoms with van der Waals surface area (Å²) < 4.78 is 6.04. The quantitative estimate of drug-likeness (QED) is 0.438. The average Bonchev–Trinajstić information content (AvgIpc) is 3.27. The lowest BCUT2D eigenvalue weighted by Crippen LogP contribution is -2.41. The Morgan fingerprint density at radius 1 is 0.812 bits per heavy atom. The molecule has 0 radical (unpaired) electrons. The van der Waals surface area contributed by atoms with Crippen molar-refractivity contribution in [3.63, 3.8) is 0 Å². The molecule has 0 unspecified atom stereocenters. The minimum atomic E-state index is -0.356. The molecule has 4 rings (SSSR count). The van der Waals surface area contributed by atoms with Crippen LogP contribution in [0.1, 0.15) is 28.2 Å². The first-order valence-corrected chi connectivity index (χ1v) is 10.4. The molecule has 3 aromatic carbocycles. The SMILES string of the molecule is Cc1ccccc1C(=O)NNC(=O)CCc1nc(-c2ccccc2)c(-c2ccccc2)o1. The highest BCUT2D eigenvalue weighted by Crippen LogP contribution is 2.32. The predicted molar refractivity (Wildman–Crippen MR) is 122 cm³/mol. The van der Waals surface area contributed by atoms with Gasteiger partial charge in [0.15, 0.2) is 11.7 Å². The maximum atomic E-state index is 12.3. The van der Waals surface area contributed by atoms with Gasteiger partial charge in [0, 0.05) is 29.5 Å². The first kappa shape index (κ1) is 21.1. The van der Waals surface area contributed by atoms with Crippen LogP contribution in [-0.4, -0.2) is 16.8 Å². The van der Waals surface area contributed by atoms with Crippen LogP contribution >= 0.6 is 0 Å². The molecule has 2 amide bonds. The third kappa shape index (κ3) is 4.92. The van der Waals surface area contributed by atoms with E-state index < -0.39 is 0 Å². The molecule has 6 nitrogen and oxygen atoms in total. The molecule has 0 aliphatic carbocycles. The van der Waals surface area contributed by atoms with Crippen LogP contribution in [0.2, 0.25) is 0 Å². The Bertz CT molecular complexity index is 1160. The molecule has 6 heteroatoms. The summed E-state index contributed by atoms with van der Waals surface area (Å²) in [7, 11) is 0. The summed E-state index contributed by atoms with van der Waals surface area (Å²) in [5.41, 5.74) is 8.85. The van der Waals surface area contributed by atoms with Gasteiger partial charge in [0.05, 0.1) is 0 Å².